The predicted molar refractivity (Wildman–Crippen MR) is 83.3 cm³/mol. The summed E-state index contributed by atoms with van der Waals surface area (Å²) in [5.74, 6) is 1.08. The zero-order chi connectivity index (χ0) is 16.7. The van der Waals surface area contributed by atoms with Gasteiger partial charge in [0.25, 0.3) is 0 Å². The molecule has 1 unspecified atom stereocenters. The molecule has 2 rings (SSSR count). The van der Waals surface area contributed by atoms with Gasteiger partial charge < -0.3 is 14.2 Å². The van der Waals surface area contributed by atoms with Crippen molar-refractivity contribution in [3.8, 4) is 0 Å². The molecule has 2 aromatic heterocycles. The molecule has 0 aromatic carbocycles. The van der Waals surface area contributed by atoms with Crippen LogP contribution in [0.5, 0.6) is 0 Å². The van der Waals surface area contributed by atoms with Crippen molar-refractivity contribution in [3.63, 3.8) is 0 Å². The Morgan fingerprint density at radius 3 is 2.13 bits per heavy atom. The summed E-state index contributed by atoms with van der Waals surface area (Å²) in [6, 6.07) is 6.22. The molecule has 0 aliphatic heterocycles. The minimum atomic E-state index is -0.534. The SMILES string of the molecule is CCNC(=O)NC(=O)C(C)N(Cc1ccco1)Cc1ccco1. The van der Waals surface area contributed by atoms with Crippen LogP contribution in [0.3, 0.4) is 0 Å². The third-order valence-electron chi connectivity index (χ3n) is 3.38. The van der Waals surface area contributed by atoms with Crippen molar-refractivity contribution in [2.45, 2.75) is 33.0 Å². The van der Waals surface area contributed by atoms with Gasteiger partial charge in [-0.15, -0.1) is 0 Å². The Morgan fingerprint density at radius 2 is 1.70 bits per heavy atom. The maximum atomic E-state index is 12.3. The number of nitrogens with zero attached hydrogens (tertiary/aromatic N) is 1. The molecule has 7 heteroatoms. The summed E-state index contributed by atoms with van der Waals surface area (Å²) in [7, 11) is 0. The smallest absolute Gasteiger partial charge is 0.321 e. The molecule has 0 aliphatic rings. The minimum absolute atomic E-state index is 0.380. The van der Waals surface area contributed by atoms with E-state index in [1.165, 1.54) is 0 Å². The van der Waals surface area contributed by atoms with Gasteiger partial charge in [0.2, 0.25) is 5.91 Å². The quantitative estimate of drug-likeness (QED) is 0.816. The van der Waals surface area contributed by atoms with E-state index in [9.17, 15) is 9.59 Å². The van der Waals surface area contributed by atoms with Gasteiger partial charge in [-0.2, -0.15) is 0 Å². The molecule has 7 nitrogen and oxygen atoms in total. The maximum Gasteiger partial charge on any atom is 0.321 e. The van der Waals surface area contributed by atoms with Crippen LogP contribution in [-0.4, -0.2) is 29.4 Å². The summed E-state index contributed by atoms with van der Waals surface area (Å²) >= 11 is 0. The fraction of sp³-hybridized carbons (Fsp3) is 0.375. The second-order valence-electron chi connectivity index (χ2n) is 5.09. The van der Waals surface area contributed by atoms with E-state index in [0.717, 1.165) is 11.5 Å². The molecular formula is C16H21N3O4. The lowest BCUT2D eigenvalue weighted by Crippen LogP contribution is -2.49. The average Bonchev–Trinajstić information content (AvgIpc) is 3.19. The first-order valence-corrected chi connectivity index (χ1v) is 7.47. The van der Waals surface area contributed by atoms with Crippen molar-refractivity contribution in [1.29, 1.82) is 0 Å². The van der Waals surface area contributed by atoms with Gasteiger partial charge in [-0.25, -0.2) is 4.79 Å². The topological polar surface area (TPSA) is 87.7 Å². The molecule has 124 valence electrons. The Labute approximate surface area is 134 Å². The molecule has 0 saturated carbocycles. The fourth-order valence-corrected chi connectivity index (χ4v) is 2.12. The molecule has 23 heavy (non-hydrogen) atoms. The van der Waals surface area contributed by atoms with Gasteiger partial charge in [0, 0.05) is 6.54 Å². The van der Waals surface area contributed by atoms with Crippen LogP contribution in [0.1, 0.15) is 25.4 Å². The van der Waals surface area contributed by atoms with Crippen LogP contribution in [0.2, 0.25) is 0 Å². The highest BCUT2D eigenvalue weighted by molar-refractivity contribution is 5.96. The summed E-state index contributed by atoms with van der Waals surface area (Å²) < 4.78 is 10.7. The largest absolute Gasteiger partial charge is 0.468 e. The molecule has 0 radical (unpaired) electrons. The zero-order valence-corrected chi connectivity index (χ0v) is 13.2. The Balaban J connectivity index is 2.05. The standard InChI is InChI=1S/C16H21N3O4/c1-3-17-16(21)18-15(20)12(2)19(10-13-6-4-8-22-13)11-14-7-5-9-23-14/h4-9,12H,3,10-11H2,1-2H3,(H2,17,18,20,21). The van der Waals surface area contributed by atoms with Crippen LogP contribution in [-0.2, 0) is 17.9 Å². The van der Waals surface area contributed by atoms with Crippen LogP contribution >= 0.6 is 0 Å². The lowest BCUT2D eigenvalue weighted by atomic mass is 10.2. The predicted octanol–water partition coefficient (Wildman–Crippen LogP) is 2.11. The van der Waals surface area contributed by atoms with Crippen LogP contribution in [0, 0.1) is 0 Å². The highest BCUT2D eigenvalue weighted by Gasteiger charge is 2.24. The van der Waals surface area contributed by atoms with E-state index in [1.807, 2.05) is 17.0 Å². The van der Waals surface area contributed by atoms with Gasteiger partial charge in [0.05, 0.1) is 31.7 Å². The number of rotatable bonds is 7. The van der Waals surface area contributed by atoms with Gasteiger partial charge in [-0.3, -0.25) is 15.0 Å². The maximum absolute atomic E-state index is 12.3. The summed E-state index contributed by atoms with van der Waals surface area (Å²) in [6.45, 7) is 4.83. The number of urea groups is 1. The van der Waals surface area contributed by atoms with E-state index < -0.39 is 12.1 Å². The highest BCUT2D eigenvalue weighted by Crippen LogP contribution is 2.14. The van der Waals surface area contributed by atoms with Gasteiger partial charge >= 0.3 is 6.03 Å². The molecule has 0 aliphatic carbocycles. The van der Waals surface area contributed by atoms with Crippen LogP contribution in [0.4, 0.5) is 4.79 Å². The minimum Gasteiger partial charge on any atom is -0.468 e. The second kappa shape index (κ2) is 8.19. The van der Waals surface area contributed by atoms with Crippen molar-refractivity contribution in [1.82, 2.24) is 15.5 Å². The van der Waals surface area contributed by atoms with Gasteiger partial charge in [0.1, 0.15) is 11.5 Å². The third kappa shape index (κ3) is 5.00. The Kier molecular flexibility index (Phi) is 5.99. The van der Waals surface area contributed by atoms with E-state index in [1.54, 1.807) is 38.5 Å². The molecule has 3 amide bonds. The lowest BCUT2D eigenvalue weighted by Gasteiger charge is -2.26. The van der Waals surface area contributed by atoms with Gasteiger partial charge in [-0.1, -0.05) is 0 Å². The first-order valence-electron chi connectivity index (χ1n) is 7.47. The number of hydrogen-bond acceptors (Lipinski definition) is 5. The molecule has 0 spiro atoms. The molecular weight excluding hydrogens is 298 g/mol. The van der Waals surface area contributed by atoms with E-state index in [4.69, 9.17) is 8.83 Å². The lowest BCUT2D eigenvalue weighted by molar-refractivity contribution is -0.125. The van der Waals surface area contributed by atoms with Crippen LogP contribution < -0.4 is 10.6 Å². The molecule has 0 fully saturated rings. The van der Waals surface area contributed by atoms with Crippen LogP contribution in [0.25, 0.3) is 0 Å². The molecule has 2 heterocycles. The van der Waals surface area contributed by atoms with Crippen LogP contribution in [0.15, 0.2) is 45.6 Å². The van der Waals surface area contributed by atoms with Crippen molar-refractivity contribution < 1.29 is 18.4 Å². The average molecular weight is 319 g/mol. The highest BCUT2D eigenvalue weighted by atomic mass is 16.3. The van der Waals surface area contributed by atoms with E-state index in [0.29, 0.717) is 19.6 Å². The van der Waals surface area contributed by atoms with Crippen molar-refractivity contribution in [2.24, 2.45) is 0 Å². The number of nitrogens with one attached hydrogen (secondary N) is 2. The van der Waals surface area contributed by atoms with Crippen molar-refractivity contribution >= 4 is 11.9 Å². The Morgan fingerprint density at radius 1 is 1.13 bits per heavy atom. The van der Waals surface area contributed by atoms with Crippen molar-refractivity contribution in [2.75, 3.05) is 6.54 Å². The summed E-state index contributed by atoms with van der Waals surface area (Å²) in [5, 5.41) is 4.86. The number of amides is 3. The molecule has 0 bridgehead atoms. The Hall–Kier alpha value is -2.54. The second-order valence-corrected chi connectivity index (χ2v) is 5.09. The number of imide groups is 1. The summed E-state index contributed by atoms with van der Waals surface area (Å²) in [4.78, 5) is 25.6. The summed E-state index contributed by atoms with van der Waals surface area (Å²) in [5.41, 5.74) is 0. The van der Waals surface area contributed by atoms with Gasteiger partial charge in [-0.05, 0) is 38.1 Å². The fourth-order valence-electron chi connectivity index (χ4n) is 2.12. The summed E-state index contributed by atoms with van der Waals surface area (Å²) in [6.07, 6.45) is 3.17. The number of carbonyl (C=O) groups excluding carboxylic acids is 2. The van der Waals surface area contributed by atoms with Gasteiger partial charge in [0.15, 0.2) is 0 Å². The molecule has 2 aromatic rings. The number of carbonyl (C=O) groups is 2. The molecule has 0 saturated heterocycles. The third-order valence-corrected chi connectivity index (χ3v) is 3.38. The normalized spacial score (nSPS) is 12.1. The first-order chi connectivity index (χ1) is 11.1. The first kappa shape index (κ1) is 16.8. The van der Waals surface area contributed by atoms with E-state index in [2.05, 4.69) is 10.6 Å². The van der Waals surface area contributed by atoms with Crippen molar-refractivity contribution in [3.05, 3.63) is 48.3 Å². The monoisotopic (exact) mass is 319 g/mol. The Bertz CT molecular complexity index is 571. The number of furan rings is 2. The number of hydrogen-bond donors (Lipinski definition) is 2. The molecule has 1 atom stereocenters. The van der Waals surface area contributed by atoms with E-state index in [-0.39, 0.29) is 5.91 Å². The zero-order valence-electron chi connectivity index (χ0n) is 13.2. The molecule has 2 N–H and O–H groups in total. The van der Waals surface area contributed by atoms with E-state index >= 15 is 0 Å².